The maximum atomic E-state index is 11.7. The van der Waals surface area contributed by atoms with Crippen LogP contribution in [-0.2, 0) is 19.1 Å². The fraction of sp³-hybridized carbons (Fsp3) is 0.692. The topological polar surface area (TPSA) is 93.1 Å². The highest BCUT2D eigenvalue weighted by atomic mass is 16.7. The number of aliphatic hydroxyl groups is 1. The van der Waals surface area contributed by atoms with Crippen molar-refractivity contribution in [3.63, 3.8) is 0 Å². The summed E-state index contributed by atoms with van der Waals surface area (Å²) in [5, 5.41) is 19.3. The van der Waals surface area contributed by atoms with Crippen molar-refractivity contribution in [1.82, 2.24) is 0 Å². The zero-order valence-electron chi connectivity index (χ0n) is 10.5. The summed E-state index contributed by atoms with van der Waals surface area (Å²) in [5.41, 5.74) is -1.36. The van der Waals surface area contributed by atoms with Crippen molar-refractivity contribution in [3.05, 3.63) is 12.2 Å². The number of rotatable bonds is 3. The summed E-state index contributed by atoms with van der Waals surface area (Å²) >= 11 is 0. The highest BCUT2D eigenvalue weighted by Crippen LogP contribution is 2.62. The largest absolute Gasteiger partial charge is 0.479 e. The summed E-state index contributed by atoms with van der Waals surface area (Å²) in [6, 6.07) is 0. The van der Waals surface area contributed by atoms with Crippen LogP contribution in [0.15, 0.2) is 12.2 Å². The predicted molar refractivity (Wildman–Crippen MR) is 61.9 cm³/mol. The molecule has 0 aromatic rings. The van der Waals surface area contributed by atoms with Crippen LogP contribution in [0.25, 0.3) is 0 Å². The second kappa shape index (κ2) is 3.80. The van der Waals surface area contributed by atoms with Crippen LogP contribution in [0.1, 0.15) is 19.8 Å². The molecule has 19 heavy (non-hydrogen) atoms. The van der Waals surface area contributed by atoms with Gasteiger partial charge in [-0.15, -0.1) is 0 Å². The minimum atomic E-state index is -1.59. The monoisotopic (exact) mass is 268 g/mol. The van der Waals surface area contributed by atoms with Crippen LogP contribution in [0.2, 0.25) is 0 Å². The van der Waals surface area contributed by atoms with Gasteiger partial charge in [-0.2, -0.15) is 0 Å². The normalized spacial score (nSPS) is 46.3. The first-order valence-corrected chi connectivity index (χ1v) is 6.33. The summed E-state index contributed by atoms with van der Waals surface area (Å²) in [6.07, 6.45) is -0.677. The van der Waals surface area contributed by atoms with Gasteiger partial charge in [0.15, 0.2) is 6.29 Å². The van der Waals surface area contributed by atoms with Gasteiger partial charge in [-0.25, -0.2) is 9.59 Å². The minimum absolute atomic E-state index is 0.0634. The molecule has 3 aliphatic rings. The van der Waals surface area contributed by atoms with E-state index in [1.807, 2.05) is 0 Å². The Balaban J connectivity index is 1.94. The highest BCUT2D eigenvalue weighted by Gasteiger charge is 2.75. The predicted octanol–water partition coefficient (Wildman–Crippen LogP) is 0.302. The number of hydrogen-bond acceptors (Lipinski definition) is 5. The lowest BCUT2D eigenvalue weighted by atomic mass is 9.78. The van der Waals surface area contributed by atoms with Gasteiger partial charge in [0.2, 0.25) is 5.60 Å². The average Bonchev–Trinajstić information content (AvgIpc) is 2.91. The van der Waals surface area contributed by atoms with Crippen molar-refractivity contribution in [1.29, 1.82) is 0 Å². The Morgan fingerprint density at radius 1 is 1.42 bits per heavy atom. The van der Waals surface area contributed by atoms with Gasteiger partial charge in [0.25, 0.3) is 0 Å². The van der Waals surface area contributed by atoms with E-state index >= 15 is 0 Å². The first kappa shape index (κ1) is 12.6. The second-order valence-corrected chi connectivity index (χ2v) is 5.71. The lowest BCUT2D eigenvalue weighted by Gasteiger charge is -2.34. The highest BCUT2D eigenvalue weighted by molar-refractivity contribution is 5.88. The number of aliphatic carboxylic acids is 1. The minimum Gasteiger partial charge on any atom is -0.479 e. The molecule has 2 bridgehead atoms. The Morgan fingerprint density at radius 2 is 2.11 bits per heavy atom. The first-order valence-electron chi connectivity index (χ1n) is 6.33. The molecular formula is C13H16O6. The summed E-state index contributed by atoms with van der Waals surface area (Å²) in [7, 11) is 0. The van der Waals surface area contributed by atoms with Crippen LogP contribution in [-0.4, -0.2) is 40.1 Å². The van der Waals surface area contributed by atoms with Crippen LogP contribution in [0, 0.1) is 17.8 Å². The molecular weight excluding hydrogens is 252 g/mol. The summed E-state index contributed by atoms with van der Waals surface area (Å²) in [5.74, 6) is -2.29. The Hall–Kier alpha value is -1.40. The van der Waals surface area contributed by atoms with Crippen LogP contribution < -0.4 is 0 Å². The molecule has 3 fully saturated rings. The molecule has 2 aliphatic carbocycles. The first-order chi connectivity index (χ1) is 8.87. The molecule has 0 radical (unpaired) electrons. The van der Waals surface area contributed by atoms with Crippen LogP contribution in [0.3, 0.4) is 0 Å². The van der Waals surface area contributed by atoms with Crippen LogP contribution >= 0.6 is 0 Å². The number of carboxylic acid groups (broad SMARTS) is 1. The lowest BCUT2D eigenvalue weighted by molar-refractivity contribution is -0.208. The molecule has 0 aromatic carbocycles. The fourth-order valence-corrected chi connectivity index (χ4v) is 3.90. The average molecular weight is 268 g/mol. The standard InChI is InChI=1S/C13H16O6/c1-5(2)10(14)18-9-6-3-7-8(4-6)13(9,12(16)17)19-11(7)15/h6-9,11,15H,1,3-4H2,2H3,(H,16,17). The van der Waals surface area contributed by atoms with E-state index in [0.717, 1.165) is 0 Å². The summed E-state index contributed by atoms with van der Waals surface area (Å²) < 4.78 is 10.6. The van der Waals surface area contributed by atoms with Crippen molar-refractivity contribution < 1.29 is 29.3 Å². The number of hydrogen-bond donors (Lipinski definition) is 2. The summed E-state index contributed by atoms with van der Waals surface area (Å²) in [6.45, 7) is 5.00. The number of carboxylic acids is 1. The third-order valence-electron chi connectivity index (χ3n) is 4.65. The zero-order valence-corrected chi connectivity index (χ0v) is 10.5. The lowest BCUT2D eigenvalue weighted by Crippen LogP contribution is -2.54. The Labute approximate surface area is 110 Å². The Bertz CT molecular complexity index is 472. The molecule has 6 heteroatoms. The zero-order chi connectivity index (χ0) is 13.9. The van der Waals surface area contributed by atoms with Gasteiger partial charge in [-0.1, -0.05) is 6.58 Å². The maximum Gasteiger partial charge on any atom is 0.340 e. The SMILES string of the molecule is C=C(C)C(=O)OC1C2CC3C(O)OC1(C(=O)O)C3C2. The van der Waals surface area contributed by atoms with E-state index in [1.54, 1.807) is 0 Å². The number of carbonyl (C=O) groups excluding carboxylic acids is 1. The molecule has 6 unspecified atom stereocenters. The second-order valence-electron chi connectivity index (χ2n) is 5.71. The van der Waals surface area contributed by atoms with Gasteiger partial charge < -0.3 is 19.7 Å². The van der Waals surface area contributed by atoms with Crippen LogP contribution in [0.4, 0.5) is 0 Å². The van der Waals surface area contributed by atoms with Crippen molar-refractivity contribution >= 4 is 11.9 Å². The molecule has 0 spiro atoms. The van der Waals surface area contributed by atoms with E-state index in [4.69, 9.17) is 9.47 Å². The Morgan fingerprint density at radius 3 is 2.68 bits per heavy atom. The van der Waals surface area contributed by atoms with Crippen molar-refractivity contribution in [2.45, 2.75) is 37.8 Å². The quantitative estimate of drug-likeness (QED) is 0.565. The fourth-order valence-electron chi connectivity index (χ4n) is 3.90. The molecule has 2 saturated carbocycles. The van der Waals surface area contributed by atoms with E-state index < -0.39 is 29.9 Å². The van der Waals surface area contributed by atoms with Gasteiger partial charge in [0.05, 0.1) is 0 Å². The van der Waals surface area contributed by atoms with Gasteiger partial charge >= 0.3 is 11.9 Å². The van der Waals surface area contributed by atoms with Gasteiger partial charge in [-0.3, -0.25) is 0 Å². The van der Waals surface area contributed by atoms with Crippen molar-refractivity contribution in [2.24, 2.45) is 17.8 Å². The molecule has 104 valence electrons. The molecule has 3 rings (SSSR count). The van der Waals surface area contributed by atoms with E-state index in [0.29, 0.717) is 12.8 Å². The maximum absolute atomic E-state index is 11.7. The van der Waals surface area contributed by atoms with Gasteiger partial charge in [0, 0.05) is 23.3 Å². The number of aliphatic hydroxyl groups excluding tert-OH is 1. The molecule has 0 aromatic heterocycles. The third-order valence-corrected chi connectivity index (χ3v) is 4.65. The molecule has 6 atom stereocenters. The van der Waals surface area contributed by atoms with Crippen molar-refractivity contribution in [3.8, 4) is 0 Å². The molecule has 1 saturated heterocycles. The van der Waals surface area contributed by atoms with Crippen LogP contribution in [0.5, 0.6) is 0 Å². The van der Waals surface area contributed by atoms with Gasteiger partial charge in [0.1, 0.15) is 6.10 Å². The van der Waals surface area contributed by atoms with E-state index in [-0.39, 0.29) is 23.3 Å². The van der Waals surface area contributed by atoms with E-state index in [9.17, 15) is 19.8 Å². The molecule has 6 nitrogen and oxygen atoms in total. The molecule has 2 N–H and O–H groups in total. The van der Waals surface area contributed by atoms with E-state index in [2.05, 4.69) is 6.58 Å². The smallest absolute Gasteiger partial charge is 0.340 e. The molecule has 1 heterocycles. The number of fused-ring (bicyclic) bond motifs is 1. The Kier molecular flexibility index (Phi) is 2.53. The number of carbonyl (C=O) groups is 2. The summed E-state index contributed by atoms with van der Waals surface area (Å²) in [4.78, 5) is 23.3. The van der Waals surface area contributed by atoms with Crippen molar-refractivity contribution in [2.75, 3.05) is 0 Å². The molecule has 0 amide bonds. The number of ether oxygens (including phenoxy) is 2. The third kappa shape index (κ3) is 1.44. The van der Waals surface area contributed by atoms with Gasteiger partial charge in [-0.05, 0) is 19.8 Å². The number of esters is 1. The van der Waals surface area contributed by atoms with E-state index in [1.165, 1.54) is 6.92 Å². The molecule has 1 aliphatic heterocycles.